The van der Waals surface area contributed by atoms with Crippen molar-refractivity contribution >= 4 is 0 Å². The highest BCUT2D eigenvalue weighted by Crippen LogP contribution is 2.44. The van der Waals surface area contributed by atoms with Gasteiger partial charge in [-0.25, -0.2) is 0 Å². The third kappa shape index (κ3) is 3.94. The summed E-state index contributed by atoms with van der Waals surface area (Å²) in [5.74, 6) is -0.400. The summed E-state index contributed by atoms with van der Waals surface area (Å²) >= 11 is 0. The molecule has 0 bridgehead atoms. The van der Waals surface area contributed by atoms with Crippen LogP contribution >= 0.6 is 0 Å². The van der Waals surface area contributed by atoms with Crippen molar-refractivity contribution in [2.45, 2.75) is 25.3 Å². The molecule has 1 aromatic rings. The molecule has 1 N–H and O–H groups in total. The third-order valence-corrected chi connectivity index (χ3v) is 4.11. The van der Waals surface area contributed by atoms with Gasteiger partial charge in [0, 0.05) is 37.8 Å². The van der Waals surface area contributed by atoms with Gasteiger partial charge in [0.15, 0.2) is 0 Å². The largest absolute Gasteiger partial charge is 0.496 e. The minimum absolute atomic E-state index is 0.163. The first-order valence-electron chi connectivity index (χ1n) is 7.36. The second-order valence-electron chi connectivity index (χ2n) is 5.60. The summed E-state index contributed by atoms with van der Waals surface area (Å²) in [6, 6.07) is 0.0702. The van der Waals surface area contributed by atoms with Crippen LogP contribution in [0.25, 0.3) is 0 Å². The molecular formula is C15H18F6N2O. The molecule has 0 unspecified atom stereocenters. The number of alkyl halides is 6. The Balaban J connectivity index is 2.59. The van der Waals surface area contributed by atoms with Crippen molar-refractivity contribution < 1.29 is 31.1 Å². The SMILES string of the molecule is COc1cc(C(F)(F)F)cc(C(F)(F)F)c1[C@H](C)N1CCNCC1. The number of nitrogens with one attached hydrogen (secondary N) is 1. The molecule has 0 spiro atoms. The van der Waals surface area contributed by atoms with Gasteiger partial charge in [-0.2, -0.15) is 26.3 Å². The van der Waals surface area contributed by atoms with Crippen LogP contribution in [-0.4, -0.2) is 38.2 Å². The van der Waals surface area contributed by atoms with Gasteiger partial charge in [-0.05, 0) is 19.1 Å². The van der Waals surface area contributed by atoms with Crippen LogP contribution in [0.5, 0.6) is 5.75 Å². The van der Waals surface area contributed by atoms with Crippen LogP contribution in [0.2, 0.25) is 0 Å². The number of rotatable bonds is 3. The molecule has 0 amide bonds. The molecule has 1 heterocycles. The van der Waals surface area contributed by atoms with Gasteiger partial charge in [0.2, 0.25) is 0 Å². The minimum Gasteiger partial charge on any atom is -0.496 e. The highest BCUT2D eigenvalue weighted by Gasteiger charge is 2.41. The number of benzene rings is 1. The molecule has 1 atom stereocenters. The van der Waals surface area contributed by atoms with Gasteiger partial charge in [-0.15, -0.1) is 0 Å². The van der Waals surface area contributed by atoms with E-state index in [2.05, 4.69) is 5.32 Å². The maximum absolute atomic E-state index is 13.4. The fourth-order valence-electron chi connectivity index (χ4n) is 2.88. The molecule has 0 saturated carbocycles. The summed E-state index contributed by atoms with van der Waals surface area (Å²) in [4.78, 5) is 1.79. The molecule has 0 aliphatic carbocycles. The molecule has 1 saturated heterocycles. The fraction of sp³-hybridized carbons (Fsp3) is 0.600. The van der Waals surface area contributed by atoms with E-state index in [1.165, 1.54) is 0 Å². The zero-order valence-corrected chi connectivity index (χ0v) is 13.2. The predicted octanol–water partition coefficient (Wildman–Crippen LogP) is 3.70. The average Bonchev–Trinajstić information content (AvgIpc) is 2.52. The van der Waals surface area contributed by atoms with Gasteiger partial charge < -0.3 is 10.1 Å². The quantitative estimate of drug-likeness (QED) is 0.836. The molecule has 136 valence electrons. The fourth-order valence-corrected chi connectivity index (χ4v) is 2.88. The zero-order valence-electron chi connectivity index (χ0n) is 13.2. The number of ether oxygens (including phenoxy) is 1. The normalized spacial score (nSPS) is 18.5. The maximum Gasteiger partial charge on any atom is 0.416 e. The van der Waals surface area contributed by atoms with Crippen LogP contribution in [-0.2, 0) is 12.4 Å². The summed E-state index contributed by atoms with van der Waals surface area (Å²) in [6.07, 6.45) is -9.80. The van der Waals surface area contributed by atoms with Crippen LogP contribution < -0.4 is 10.1 Å². The van der Waals surface area contributed by atoms with Crippen molar-refractivity contribution in [3.8, 4) is 5.75 Å². The number of methoxy groups -OCH3 is 1. The first-order valence-corrected chi connectivity index (χ1v) is 7.36. The van der Waals surface area contributed by atoms with Crippen molar-refractivity contribution in [2.24, 2.45) is 0 Å². The van der Waals surface area contributed by atoms with E-state index in [1.807, 2.05) is 0 Å². The van der Waals surface area contributed by atoms with Gasteiger partial charge in [-0.3, -0.25) is 4.90 Å². The highest BCUT2D eigenvalue weighted by molar-refractivity contribution is 5.48. The van der Waals surface area contributed by atoms with Crippen LogP contribution in [0, 0.1) is 0 Å². The van der Waals surface area contributed by atoms with E-state index in [1.54, 1.807) is 11.8 Å². The summed E-state index contributed by atoms with van der Waals surface area (Å²) in [6.45, 7) is 3.76. The standard InChI is InChI=1S/C15H18F6N2O/c1-9(23-5-3-22-4-6-23)13-11(15(19,20)21)7-10(14(16,17)18)8-12(13)24-2/h7-9,22H,3-6H2,1-2H3/t9-/m0/s1. The second kappa shape index (κ2) is 6.79. The third-order valence-electron chi connectivity index (χ3n) is 4.11. The first kappa shape index (κ1) is 18.9. The molecule has 3 nitrogen and oxygen atoms in total. The highest BCUT2D eigenvalue weighted by atomic mass is 19.4. The second-order valence-corrected chi connectivity index (χ2v) is 5.60. The minimum atomic E-state index is -4.91. The van der Waals surface area contributed by atoms with Gasteiger partial charge in [0.05, 0.1) is 18.2 Å². The topological polar surface area (TPSA) is 24.5 Å². The van der Waals surface area contributed by atoms with Gasteiger partial charge in [-0.1, -0.05) is 0 Å². The van der Waals surface area contributed by atoms with E-state index >= 15 is 0 Å². The number of hydrogen-bond donors (Lipinski definition) is 1. The summed E-state index contributed by atoms with van der Waals surface area (Å²) in [5, 5.41) is 3.08. The molecule has 1 fully saturated rings. The molecule has 0 aromatic heterocycles. The van der Waals surface area contributed by atoms with Gasteiger partial charge >= 0.3 is 12.4 Å². The molecule has 1 aromatic carbocycles. The molecule has 1 aliphatic rings. The van der Waals surface area contributed by atoms with Crippen LogP contribution in [0.1, 0.15) is 29.7 Å². The van der Waals surface area contributed by atoms with Crippen molar-refractivity contribution in [3.05, 3.63) is 28.8 Å². The molecular weight excluding hydrogens is 338 g/mol. The van der Waals surface area contributed by atoms with E-state index < -0.39 is 35.3 Å². The lowest BCUT2D eigenvalue weighted by Crippen LogP contribution is -2.44. The predicted molar refractivity (Wildman–Crippen MR) is 75.9 cm³/mol. The molecule has 24 heavy (non-hydrogen) atoms. The van der Waals surface area contributed by atoms with Crippen LogP contribution in [0.4, 0.5) is 26.3 Å². The lowest BCUT2D eigenvalue weighted by atomic mass is 9.95. The van der Waals surface area contributed by atoms with Crippen LogP contribution in [0.3, 0.4) is 0 Å². The summed E-state index contributed by atoms with van der Waals surface area (Å²) < 4.78 is 83.9. The molecule has 0 radical (unpaired) electrons. The first-order chi connectivity index (χ1) is 11.1. The molecule has 9 heteroatoms. The van der Waals surface area contributed by atoms with Crippen molar-refractivity contribution in [2.75, 3.05) is 33.3 Å². The lowest BCUT2D eigenvalue weighted by Gasteiger charge is -2.35. The average molecular weight is 356 g/mol. The smallest absolute Gasteiger partial charge is 0.416 e. The maximum atomic E-state index is 13.4. The Labute approximate surface area is 135 Å². The van der Waals surface area contributed by atoms with Gasteiger partial charge in [0.1, 0.15) is 5.75 Å². The number of hydrogen-bond acceptors (Lipinski definition) is 3. The van der Waals surface area contributed by atoms with E-state index in [0.717, 1.165) is 7.11 Å². The van der Waals surface area contributed by atoms with E-state index in [-0.39, 0.29) is 11.6 Å². The van der Waals surface area contributed by atoms with Crippen molar-refractivity contribution in [3.63, 3.8) is 0 Å². The summed E-state index contributed by atoms with van der Waals surface area (Å²) in [5.41, 5.74) is -2.94. The Morgan fingerprint density at radius 3 is 2.08 bits per heavy atom. The Bertz CT molecular complexity index is 579. The van der Waals surface area contributed by atoms with E-state index in [9.17, 15) is 26.3 Å². The number of nitrogens with zero attached hydrogens (tertiary/aromatic N) is 1. The van der Waals surface area contributed by atoms with E-state index in [4.69, 9.17) is 4.74 Å². The van der Waals surface area contributed by atoms with E-state index in [0.29, 0.717) is 32.2 Å². The lowest BCUT2D eigenvalue weighted by molar-refractivity contribution is -0.144. The molecule has 2 rings (SSSR count). The Kier molecular flexibility index (Phi) is 5.34. The number of piperazine rings is 1. The monoisotopic (exact) mass is 356 g/mol. The van der Waals surface area contributed by atoms with Crippen molar-refractivity contribution in [1.82, 2.24) is 10.2 Å². The summed E-state index contributed by atoms with van der Waals surface area (Å²) in [7, 11) is 1.07. The number of halogens is 6. The Hall–Kier alpha value is -1.48. The van der Waals surface area contributed by atoms with Crippen LogP contribution in [0.15, 0.2) is 12.1 Å². The Morgan fingerprint density at radius 1 is 1.04 bits per heavy atom. The van der Waals surface area contributed by atoms with Gasteiger partial charge in [0.25, 0.3) is 0 Å². The zero-order chi connectivity index (χ0) is 18.1. The Morgan fingerprint density at radius 2 is 1.62 bits per heavy atom. The van der Waals surface area contributed by atoms with Crippen molar-refractivity contribution in [1.29, 1.82) is 0 Å². The molecule has 1 aliphatic heterocycles.